The van der Waals surface area contributed by atoms with Gasteiger partial charge in [0.15, 0.2) is 6.10 Å². The van der Waals surface area contributed by atoms with E-state index in [-0.39, 0.29) is 5.91 Å². The van der Waals surface area contributed by atoms with E-state index in [1.807, 2.05) is 24.0 Å². The van der Waals surface area contributed by atoms with Gasteiger partial charge in [0.05, 0.1) is 5.02 Å². The molecule has 1 heterocycles. The van der Waals surface area contributed by atoms with Gasteiger partial charge in [-0.2, -0.15) is 0 Å². The Kier molecular flexibility index (Phi) is 4.70. The van der Waals surface area contributed by atoms with E-state index in [2.05, 4.69) is 0 Å². The molecule has 0 bridgehead atoms. The predicted molar refractivity (Wildman–Crippen MR) is 76.7 cm³/mol. The molecule has 0 aliphatic carbocycles. The third-order valence-electron chi connectivity index (χ3n) is 3.41. The number of likely N-dealkylation sites (tertiary alicyclic amines) is 1. The number of hydrogen-bond donors (Lipinski definition) is 0. The van der Waals surface area contributed by atoms with Crippen molar-refractivity contribution in [3.63, 3.8) is 0 Å². The molecule has 1 atom stereocenters. The van der Waals surface area contributed by atoms with E-state index in [0.717, 1.165) is 31.5 Å². The molecule has 1 amide bonds. The standard InChI is InChI=1S/C15H20ClNO2/c1-11-6-7-13(16)14(10-11)19-12(2)15(18)17-8-4-3-5-9-17/h6-7,10,12H,3-5,8-9H2,1-2H3. The predicted octanol–water partition coefficient (Wildman–Crippen LogP) is 3.43. The molecule has 104 valence electrons. The van der Waals surface area contributed by atoms with Crippen LogP contribution in [0.2, 0.25) is 5.02 Å². The van der Waals surface area contributed by atoms with Gasteiger partial charge in [0.1, 0.15) is 5.75 Å². The van der Waals surface area contributed by atoms with Crippen LogP contribution in [-0.2, 0) is 4.79 Å². The molecule has 1 saturated heterocycles. The van der Waals surface area contributed by atoms with Crippen LogP contribution in [0.3, 0.4) is 0 Å². The number of hydrogen-bond acceptors (Lipinski definition) is 2. The fourth-order valence-electron chi connectivity index (χ4n) is 2.31. The second-order valence-electron chi connectivity index (χ2n) is 5.08. The smallest absolute Gasteiger partial charge is 0.263 e. The molecule has 1 aromatic carbocycles. The van der Waals surface area contributed by atoms with Crippen LogP contribution < -0.4 is 4.74 Å². The van der Waals surface area contributed by atoms with Crippen molar-refractivity contribution in [2.45, 2.75) is 39.2 Å². The molecule has 0 saturated carbocycles. The molecule has 1 unspecified atom stereocenters. The molecule has 3 nitrogen and oxygen atoms in total. The van der Waals surface area contributed by atoms with E-state index in [1.54, 1.807) is 13.0 Å². The second kappa shape index (κ2) is 6.29. The quantitative estimate of drug-likeness (QED) is 0.849. The largest absolute Gasteiger partial charge is 0.479 e. The minimum absolute atomic E-state index is 0.0530. The van der Waals surface area contributed by atoms with Crippen molar-refractivity contribution in [2.75, 3.05) is 13.1 Å². The van der Waals surface area contributed by atoms with Gasteiger partial charge < -0.3 is 9.64 Å². The van der Waals surface area contributed by atoms with Gasteiger partial charge in [0.25, 0.3) is 5.91 Å². The molecule has 1 aromatic rings. The summed E-state index contributed by atoms with van der Waals surface area (Å²) in [5, 5.41) is 0.545. The lowest BCUT2D eigenvalue weighted by atomic mass is 10.1. The van der Waals surface area contributed by atoms with Crippen LogP contribution >= 0.6 is 11.6 Å². The molecule has 0 spiro atoms. The van der Waals surface area contributed by atoms with Crippen molar-refractivity contribution in [3.8, 4) is 5.75 Å². The summed E-state index contributed by atoms with van der Waals surface area (Å²) in [5.41, 5.74) is 1.07. The summed E-state index contributed by atoms with van der Waals surface area (Å²) in [6.45, 7) is 5.44. The lowest BCUT2D eigenvalue weighted by molar-refractivity contribution is -0.138. The fourth-order valence-corrected chi connectivity index (χ4v) is 2.48. The molecule has 0 radical (unpaired) electrons. The highest BCUT2D eigenvalue weighted by Crippen LogP contribution is 2.26. The highest BCUT2D eigenvalue weighted by Gasteiger charge is 2.23. The Bertz CT molecular complexity index is 455. The Balaban J connectivity index is 2.01. The average molecular weight is 282 g/mol. The number of aryl methyl sites for hydroxylation is 1. The topological polar surface area (TPSA) is 29.5 Å². The van der Waals surface area contributed by atoms with Gasteiger partial charge in [-0.1, -0.05) is 17.7 Å². The van der Waals surface area contributed by atoms with Crippen LogP contribution in [0.5, 0.6) is 5.75 Å². The van der Waals surface area contributed by atoms with Crippen LogP contribution in [0.4, 0.5) is 0 Å². The Morgan fingerprint density at radius 3 is 2.68 bits per heavy atom. The molecular weight excluding hydrogens is 262 g/mol. The first-order valence-corrected chi connectivity index (χ1v) is 7.17. The number of amides is 1. The van der Waals surface area contributed by atoms with Gasteiger partial charge in [-0.15, -0.1) is 0 Å². The van der Waals surface area contributed by atoms with Crippen molar-refractivity contribution in [1.82, 2.24) is 4.90 Å². The van der Waals surface area contributed by atoms with Crippen LogP contribution in [0.15, 0.2) is 18.2 Å². The number of carbonyl (C=O) groups is 1. The average Bonchev–Trinajstić information content (AvgIpc) is 2.43. The zero-order valence-electron chi connectivity index (χ0n) is 11.5. The molecule has 0 N–H and O–H groups in total. The summed E-state index contributed by atoms with van der Waals surface area (Å²) in [5.74, 6) is 0.636. The van der Waals surface area contributed by atoms with E-state index in [4.69, 9.17) is 16.3 Å². The zero-order valence-corrected chi connectivity index (χ0v) is 12.2. The fraction of sp³-hybridized carbons (Fsp3) is 0.533. The molecule has 1 aliphatic heterocycles. The lowest BCUT2D eigenvalue weighted by Gasteiger charge is -2.29. The molecule has 1 fully saturated rings. The molecule has 19 heavy (non-hydrogen) atoms. The minimum Gasteiger partial charge on any atom is -0.479 e. The van der Waals surface area contributed by atoms with E-state index in [9.17, 15) is 4.79 Å². The normalized spacial score (nSPS) is 17.1. The Morgan fingerprint density at radius 1 is 1.32 bits per heavy atom. The zero-order chi connectivity index (χ0) is 13.8. The van der Waals surface area contributed by atoms with Crippen molar-refractivity contribution >= 4 is 17.5 Å². The maximum atomic E-state index is 12.3. The van der Waals surface area contributed by atoms with Crippen LogP contribution in [-0.4, -0.2) is 30.0 Å². The molecular formula is C15H20ClNO2. The van der Waals surface area contributed by atoms with Crippen molar-refractivity contribution in [3.05, 3.63) is 28.8 Å². The first kappa shape index (κ1) is 14.2. The molecule has 4 heteroatoms. The SMILES string of the molecule is Cc1ccc(Cl)c(OC(C)C(=O)N2CCCCC2)c1. The van der Waals surface area contributed by atoms with Gasteiger partial charge in [0.2, 0.25) is 0 Å². The van der Waals surface area contributed by atoms with Crippen LogP contribution in [0.1, 0.15) is 31.7 Å². The second-order valence-corrected chi connectivity index (χ2v) is 5.49. The number of nitrogens with zero attached hydrogens (tertiary/aromatic N) is 1. The maximum absolute atomic E-state index is 12.3. The first-order valence-electron chi connectivity index (χ1n) is 6.79. The highest BCUT2D eigenvalue weighted by atomic mass is 35.5. The summed E-state index contributed by atoms with van der Waals surface area (Å²) >= 11 is 6.08. The Labute approximate surface area is 119 Å². The molecule has 0 aromatic heterocycles. The molecule has 2 rings (SSSR count). The Hall–Kier alpha value is -1.22. The van der Waals surface area contributed by atoms with Gasteiger partial charge in [-0.25, -0.2) is 0 Å². The summed E-state index contributed by atoms with van der Waals surface area (Å²) in [6, 6.07) is 5.58. The number of piperidine rings is 1. The number of rotatable bonds is 3. The highest BCUT2D eigenvalue weighted by molar-refractivity contribution is 6.32. The summed E-state index contributed by atoms with van der Waals surface area (Å²) < 4.78 is 5.72. The van der Waals surface area contributed by atoms with Gasteiger partial charge in [-0.3, -0.25) is 4.79 Å². The van der Waals surface area contributed by atoms with Gasteiger partial charge in [-0.05, 0) is 50.8 Å². The number of halogens is 1. The number of benzene rings is 1. The molecule has 1 aliphatic rings. The van der Waals surface area contributed by atoms with Crippen molar-refractivity contribution < 1.29 is 9.53 Å². The minimum atomic E-state index is -0.489. The summed E-state index contributed by atoms with van der Waals surface area (Å²) in [7, 11) is 0. The summed E-state index contributed by atoms with van der Waals surface area (Å²) in [4.78, 5) is 14.1. The van der Waals surface area contributed by atoms with Gasteiger partial charge >= 0.3 is 0 Å². The van der Waals surface area contributed by atoms with Gasteiger partial charge in [0, 0.05) is 13.1 Å². The summed E-state index contributed by atoms with van der Waals surface area (Å²) in [6.07, 6.45) is 2.90. The van der Waals surface area contributed by atoms with E-state index in [0.29, 0.717) is 10.8 Å². The van der Waals surface area contributed by atoms with Crippen LogP contribution in [0.25, 0.3) is 0 Å². The van der Waals surface area contributed by atoms with E-state index in [1.165, 1.54) is 6.42 Å². The van der Waals surface area contributed by atoms with E-state index < -0.39 is 6.10 Å². The van der Waals surface area contributed by atoms with Crippen LogP contribution in [0, 0.1) is 6.92 Å². The number of carbonyl (C=O) groups excluding carboxylic acids is 1. The Morgan fingerprint density at radius 2 is 2.00 bits per heavy atom. The lowest BCUT2D eigenvalue weighted by Crippen LogP contribution is -2.43. The van der Waals surface area contributed by atoms with Crippen molar-refractivity contribution in [2.24, 2.45) is 0 Å². The van der Waals surface area contributed by atoms with E-state index >= 15 is 0 Å². The maximum Gasteiger partial charge on any atom is 0.263 e. The number of ether oxygens (including phenoxy) is 1. The third-order valence-corrected chi connectivity index (χ3v) is 3.72. The first-order chi connectivity index (χ1) is 9.08. The third kappa shape index (κ3) is 3.63. The van der Waals surface area contributed by atoms with Crippen molar-refractivity contribution in [1.29, 1.82) is 0 Å². The monoisotopic (exact) mass is 281 g/mol.